The summed E-state index contributed by atoms with van der Waals surface area (Å²) in [6, 6.07) is 10.7. The minimum atomic E-state index is -0.445. The number of nitrogens with zero attached hydrogens (tertiary/aromatic N) is 3. The van der Waals surface area contributed by atoms with E-state index < -0.39 is 12.1 Å². The molecule has 2 aliphatic rings. The van der Waals surface area contributed by atoms with Crippen LogP contribution in [0.15, 0.2) is 47.6 Å². The van der Waals surface area contributed by atoms with E-state index in [1.54, 1.807) is 39.3 Å². The van der Waals surface area contributed by atoms with E-state index in [4.69, 9.17) is 19.3 Å². The molecule has 0 radical (unpaired) electrons. The first kappa shape index (κ1) is 25.6. The highest BCUT2D eigenvalue weighted by atomic mass is 19.1. The summed E-state index contributed by atoms with van der Waals surface area (Å²) < 4.78 is 29.8. The number of ether oxygens (including phenoxy) is 3. The quantitative estimate of drug-likeness (QED) is 0.514. The molecule has 0 aliphatic carbocycles. The molecule has 192 valence electrons. The molecule has 1 saturated heterocycles. The van der Waals surface area contributed by atoms with Crippen LogP contribution in [-0.2, 0) is 14.3 Å². The first-order chi connectivity index (χ1) is 17.4. The molecule has 0 unspecified atom stereocenters. The fraction of sp³-hybridized carbons (Fsp3) is 0.444. The molecule has 2 atom stereocenters. The predicted octanol–water partition coefficient (Wildman–Crippen LogP) is 3.94. The van der Waals surface area contributed by atoms with Crippen molar-refractivity contribution >= 4 is 17.6 Å². The molecule has 2 aromatic carbocycles. The molecule has 1 fully saturated rings. The van der Waals surface area contributed by atoms with Gasteiger partial charge in [-0.05, 0) is 56.1 Å². The zero-order valence-corrected chi connectivity index (χ0v) is 20.9. The Morgan fingerprint density at radius 1 is 1.08 bits per heavy atom. The normalized spacial score (nSPS) is 20.1. The van der Waals surface area contributed by atoms with Gasteiger partial charge in [-0.1, -0.05) is 18.6 Å². The van der Waals surface area contributed by atoms with Gasteiger partial charge >= 0.3 is 5.97 Å². The Morgan fingerprint density at radius 2 is 1.86 bits per heavy atom. The monoisotopic (exact) mass is 497 g/mol. The maximum atomic E-state index is 13.6. The van der Waals surface area contributed by atoms with Gasteiger partial charge in [-0.25, -0.2) is 9.40 Å². The molecule has 2 aliphatic heterocycles. The number of hydrazone groups is 1. The standard InChI is InChI=1S/C27H32FN3O5/c1-4-36-27(33)23-7-5-6-14-30(23)17-26(32)31-24(18-8-10-19(28)11-9-18)16-22(29-31)21-13-12-20(34-2)15-25(21)35-3/h8-13,15,23-24H,4-7,14,16-17H2,1-3H3/t23-,24+/m1/s1. The number of hydrogen-bond donors (Lipinski definition) is 0. The number of piperidine rings is 1. The van der Waals surface area contributed by atoms with Crippen molar-refractivity contribution in [3.63, 3.8) is 0 Å². The van der Waals surface area contributed by atoms with Crippen LogP contribution in [0, 0.1) is 5.82 Å². The average Bonchev–Trinajstić information content (AvgIpc) is 3.34. The van der Waals surface area contributed by atoms with E-state index in [-0.39, 0.29) is 24.2 Å². The summed E-state index contributed by atoms with van der Waals surface area (Å²) in [7, 11) is 3.15. The number of esters is 1. The van der Waals surface area contributed by atoms with Crippen molar-refractivity contribution < 1.29 is 28.2 Å². The Kier molecular flexibility index (Phi) is 8.20. The minimum Gasteiger partial charge on any atom is -0.497 e. The Labute approximate surface area is 210 Å². The summed E-state index contributed by atoms with van der Waals surface area (Å²) >= 11 is 0. The topological polar surface area (TPSA) is 80.7 Å². The summed E-state index contributed by atoms with van der Waals surface area (Å²) in [6.07, 6.45) is 2.91. The van der Waals surface area contributed by atoms with Crippen LogP contribution in [0.5, 0.6) is 11.5 Å². The van der Waals surface area contributed by atoms with Crippen LogP contribution in [0.25, 0.3) is 0 Å². The highest BCUT2D eigenvalue weighted by Gasteiger charge is 2.37. The molecule has 0 bridgehead atoms. The van der Waals surface area contributed by atoms with E-state index in [9.17, 15) is 14.0 Å². The van der Waals surface area contributed by atoms with Gasteiger partial charge in [0, 0.05) is 18.1 Å². The molecular formula is C27H32FN3O5. The summed E-state index contributed by atoms with van der Waals surface area (Å²) in [4.78, 5) is 28.0. The van der Waals surface area contributed by atoms with E-state index >= 15 is 0 Å². The van der Waals surface area contributed by atoms with Crippen molar-refractivity contribution in [1.82, 2.24) is 9.91 Å². The number of carbonyl (C=O) groups is 2. The van der Waals surface area contributed by atoms with Gasteiger partial charge < -0.3 is 14.2 Å². The van der Waals surface area contributed by atoms with E-state index in [1.807, 2.05) is 17.0 Å². The van der Waals surface area contributed by atoms with E-state index in [0.29, 0.717) is 43.2 Å². The largest absolute Gasteiger partial charge is 0.497 e. The van der Waals surface area contributed by atoms with Crippen molar-refractivity contribution in [2.75, 3.05) is 33.9 Å². The van der Waals surface area contributed by atoms with Crippen molar-refractivity contribution in [3.8, 4) is 11.5 Å². The van der Waals surface area contributed by atoms with Crippen molar-refractivity contribution in [3.05, 3.63) is 59.4 Å². The Balaban J connectivity index is 1.64. The lowest BCUT2D eigenvalue weighted by Gasteiger charge is -2.34. The predicted molar refractivity (Wildman–Crippen MR) is 133 cm³/mol. The number of halogens is 1. The third-order valence-electron chi connectivity index (χ3n) is 6.65. The van der Waals surface area contributed by atoms with E-state index in [0.717, 1.165) is 24.0 Å². The first-order valence-electron chi connectivity index (χ1n) is 12.2. The molecule has 9 heteroatoms. The zero-order chi connectivity index (χ0) is 25.7. The van der Waals surface area contributed by atoms with Gasteiger partial charge in [-0.3, -0.25) is 14.5 Å². The van der Waals surface area contributed by atoms with Gasteiger partial charge in [-0.15, -0.1) is 0 Å². The molecule has 0 aromatic heterocycles. The second-order valence-electron chi connectivity index (χ2n) is 8.86. The van der Waals surface area contributed by atoms with Crippen LogP contribution >= 0.6 is 0 Å². The van der Waals surface area contributed by atoms with Crippen LogP contribution in [-0.4, -0.2) is 67.5 Å². The van der Waals surface area contributed by atoms with Crippen LogP contribution in [0.4, 0.5) is 4.39 Å². The number of benzene rings is 2. The summed E-state index contributed by atoms with van der Waals surface area (Å²) in [5, 5.41) is 6.18. The van der Waals surface area contributed by atoms with Crippen LogP contribution in [0.3, 0.4) is 0 Å². The van der Waals surface area contributed by atoms with Gasteiger partial charge in [0.05, 0.1) is 39.1 Å². The number of methoxy groups -OCH3 is 2. The molecule has 8 nitrogen and oxygen atoms in total. The Morgan fingerprint density at radius 3 is 2.56 bits per heavy atom. The Hall–Kier alpha value is -3.46. The lowest BCUT2D eigenvalue weighted by atomic mass is 9.97. The molecular weight excluding hydrogens is 465 g/mol. The van der Waals surface area contributed by atoms with Crippen molar-refractivity contribution in [1.29, 1.82) is 0 Å². The maximum absolute atomic E-state index is 13.6. The number of carbonyl (C=O) groups excluding carboxylic acids is 2. The second-order valence-corrected chi connectivity index (χ2v) is 8.86. The average molecular weight is 498 g/mol. The Bertz CT molecular complexity index is 1120. The third-order valence-corrected chi connectivity index (χ3v) is 6.65. The van der Waals surface area contributed by atoms with Gasteiger partial charge in [0.15, 0.2) is 0 Å². The minimum absolute atomic E-state index is 0.0394. The molecule has 0 N–H and O–H groups in total. The van der Waals surface area contributed by atoms with Crippen LogP contribution in [0.1, 0.15) is 49.8 Å². The fourth-order valence-electron chi connectivity index (χ4n) is 4.82. The van der Waals surface area contributed by atoms with E-state index in [1.165, 1.54) is 17.1 Å². The number of amides is 1. The third kappa shape index (κ3) is 5.51. The van der Waals surface area contributed by atoms with Gasteiger partial charge in [0.1, 0.15) is 23.4 Å². The number of rotatable bonds is 8. The molecule has 36 heavy (non-hydrogen) atoms. The van der Waals surface area contributed by atoms with Crippen molar-refractivity contribution in [2.24, 2.45) is 5.10 Å². The molecule has 4 rings (SSSR count). The molecule has 2 heterocycles. The van der Waals surface area contributed by atoms with Gasteiger partial charge in [-0.2, -0.15) is 5.10 Å². The highest BCUT2D eigenvalue weighted by molar-refractivity contribution is 6.05. The molecule has 0 saturated carbocycles. The van der Waals surface area contributed by atoms with E-state index in [2.05, 4.69) is 0 Å². The zero-order valence-electron chi connectivity index (χ0n) is 20.9. The summed E-state index contributed by atoms with van der Waals surface area (Å²) in [5.41, 5.74) is 2.21. The van der Waals surface area contributed by atoms with Crippen LogP contribution < -0.4 is 9.47 Å². The van der Waals surface area contributed by atoms with Crippen LogP contribution in [0.2, 0.25) is 0 Å². The van der Waals surface area contributed by atoms with Gasteiger partial charge in [0.2, 0.25) is 0 Å². The SMILES string of the molecule is CCOC(=O)[C@H]1CCCCN1CC(=O)N1N=C(c2ccc(OC)cc2OC)C[C@H]1c1ccc(F)cc1. The summed E-state index contributed by atoms with van der Waals surface area (Å²) in [5.74, 6) is 0.348. The smallest absolute Gasteiger partial charge is 0.323 e. The molecule has 1 amide bonds. The fourth-order valence-corrected chi connectivity index (χ4v) is 4.82. The summed E-state index contributed by atoms with van der Waals surface area (Å²) in [6.45, 7) is 2.75. The number of likely N-dealkylation sites (tertiary alicyclic amines) is 1. The first-order valence-corrected chi connectivity index (χ1v) is 12.2. The van der Waals surface area contributed by atoms with Gasteiger partial charge in [0.25, 0.3) is 5.91 Å². The second kappa shape index (κ2) is 11.5. The molecule has 0 spiro atoms. The maximum Gasteiger partial charge on any atom is 0.323 e. The van der Waals surface area contributed by atoms with Crippen molar-refractivity contribution in [2.45, 2.75) is 44.7 Å². The lowest BCUT2D eigenvalue weighted by molar-refractivity contribution is -0.152. The molecule has 2 aromatic rings. The highest BCUT2D eigenvalue weighted by Crippen LogP contribution is 2.36. The number of hydrogen-bond acceptors (Lipinski definition) is 7. The lowest BCUT2D eigenvalue weighted by Crippen LogP contribution is -2.49.